The van der Waals surface area contributed by atoms with Gasteiger partial charge in [-0.25, -0.2) is 5.01 Å². The molecule has 33 heavy (non-hydrogen) atoms. The minimum absolute atomic E-state index is 0.0606. The third-order valence-corrected chi connectivity index (χ3v) is 6.22. The van der Waals surface area contributed by atoms with Crippen LogP contribution in [0.15, 0.2) is 59.2 Å². The number of hydrogen-bond acceptors (Lipinski definition) is 5. The molecule has 0 unspecified atom stereocenters. The molecular weight excluding hydrogens is 420 g/mol. The molecule has 2 aromatic carbocycles. The molecule has 0 radical (unpaired) electrons. The second kappa shape index (κ2) is 9.90. The van der Waals surface area contributed by atoms with Crippen molar-refractivity contribution in [3.05, 3.63) is 65.2 Å². The van der Waals surface area contributed by atoms with E-state index in [2.05, 4.69) is 6.08 Å². The number of fused-ring (bicyclic) bond motifs is 1. The van der Waals surface area contributed by atoms with Gasteiger partial charge in [-0.05, 0) is 66.3 Å². The van der Waals surface area contributed by atoms with Crippen LogP contribution in [0.5, 0.6) is 11.5 Å². The fourth-order valence-electron chi connectivity index (χ4n) is 4.57. The third kappa shape index (κ3) is 4.92. The lowest BCUT2D eigenvalue weighted by atomic mass is 9.77. The first-order valence-corrected chi connectivity index (χ1v) is 11.1. The van der Waals surface area contributed by atoms with Gasteiger partial charge in [0.05, 0.1) is 32.4 Å². The van der Waals surface area contributed by atoms with Crippen LogP contribution in [0.1, 0.15) is 49.3 Å². The quantitative estimate of drug-likeness (QED) is 0.664. The van der Waals surface area contributed by atoms with Crippen LogP contribution in [0.25, 0.3) is 6.08 Å². The van der Waals surface area contributed by atoms with Gasteiger partial charge in [-0.1, -0.05) is 24.3 Å². The molecule has 1 saturated carbocycles. The van der Waals surface area contributed by atoms with E-state index < -0.39 is 5.97 Å². The summed E-state index contributed by atoms with van der Waals surface area (Å²) in [4.78, 5) is 24.1. The number of aliphatic carboxylic acids is 1. The van der Waals surface area contributed by atoms with Crippen molar-refractivity contribution in [3.8, 4) is 11.5 Å². The van der Waals surface area contributed by atoms with Gasteiger partial charge in [0.1, 0.15) is 11.5 Å². The van der Waals surface area contributed by atoms with Gasteiger partial charge in [-0.15, -0.1) is 0 Å². The molecule has 0 spiro atoms. The highest BCUT2D eigenvalue weighted by Crippen LogP contribution is 2.45. The van der Waals surface area contributed by atoms with Gasteiger partial charge in [0, 0.05) is 12.3 Å². The molecule has 4 rings (SSSR count). The van der Waals surface area contributed by atoms with Gasteiger partial charge >= 0.3 is 5.97 Å². The predicted octanol–water partition coefficient (Wildman–Crippen LogP) is 4.69. The molecule has 1 fully saturated rings. The summed E-state index contributed by atoms with van der Waals surface area (Å²) in [5.41, 5.74) is 4.05. The van der Waals surface area contributed by atoms with Gasteiger partial charge in [0.15, 0.2) is 0 Å². The van der Waals surface area contributed by atoms with Crippen LogP contribution in [0.4, 0.5) is 0 Å². The number of carbonyl (C=O) groups is 2. The number of allylic oxidation sites excluding steroid dienone is 1. The van der Waals surface area contributed by atoms with Crippen LogP contribution in [0.3, 0.4) is 0 Å². The van der Waals surface area contributed by atoms with E-state index >= 15 is 0 Å². The topological polar surface area (TPSA) is 88.4 Å². The van der Waals surface area contributed by atoms with Crippen molar-refractivity contribution < 1.29 is 24.2 Å². The fourth-order valence-corrected chi connectivity index (χ4v) is 4.57. The molecule has 2 aromatic rings. The second-order valence-electron chi connectivity index (χ2n) is 8.28. The first kappa shape index (κ1) is 22.6. The van der Waals surface area contributed by atoms with Crippen LogP contribution >= 0.6 is 0 Å². The standard InChI is InChI=1S/C26H28N2O5/c1-32-20-10-6-17(7-11-20)16-19-4-3-5-22-25(19)27-28(23(29)14-15-24(30)31)26(22)18-8-12-21(33-2)13-9-18/h6-13,16,22,26H,3-5,14-15H2,1-2H3,(H,30,31)/b19-16+/t22-,26+/m1/s1. The molecule has 172 valence electrons. The molecule has 0 saturated heterocycles. The smallest absolute Gasteiger partial charge is 0.303 e. The number of nitrogens with zero attached hydrogens (tertiary/aromatic N) is 2. The summed E-state index contributed by atoms with van der Waals surface area (Å²) in [7, 11) is 3.26. The maximum atomic E-state index is 13.0. The number of carboxylic acid groups (broad SMARTS) is 1. The zero-order chi connectivity index (χ0) is 23.4. The Bertz CT molecular complexity index is 1070. The number of carbonyl (C=O) groups excluding carboxylic acids is 1. The van der Waals surface area contributed by atoms with Gasteiger partial charge in [-0.3, -0.25) is 9.59 Å². The SMILES string of the molecule is COc1ccc(/C=C2\CCC[C@@H]3C2=NN(C(=O)CCC(=O)O)[C@H]3c2ccc(OC)cc2)cc1. The normalized spacial score (nSPS) is 20.8. The number of amides is 1. The second-order valence-corrected chi connectivity index (χ2v) is 8.28. The number of hydrogen-bond donors (Lipinski definition) is 1. The molecule has 1 aliphatic carbocycles. The molecule has 1 aliphatic heterocycles. The van der Waals surface area contributed by atoms with E-state index in [1.54, 1.807) is 14.2 Å². The largest absolute Gasteiger partial charge is 0.497 e. The Labute approximate surface area is 193 Å². The van der Waals surface area contributed by atoms with E-state index in [0.29, 0.717) is 0 Å². The monoisotopic (exact) mass is 448 g/mol. The van der Waals surface area contributed by atoms with Gasteiger partial charge in [0.2, 0.25) is 5.91 Å². The first-order valence-electron chi connectivity index (χ1n) is 11.1. The number of methoxy groups -OCH3 is 2. The highest BCUT2D eigenvalue weighted by atomic mass is 16.5. The van der Waals surface area contributed by atoms with Crippen molar-refractivity contribution in [2.75, 3.05) is 14.2 Å². The molecule has 7 nitrogen and oxygen atoms in total. The predicted molar refractivity (Wildman–Crippen MR) is 125 cm³/mol. The zero-order valence-corrected chi connectivity index (χ0v) is 18.9. The highest BCUT2D eigenvalue weighted by molar-refractivity contribution is 6.08. The Balaban J connectivity index is 1.69. The average Bonchev–Trinajstić information content (AvgIpc) is 3.24. The summed E-state index contributed by atoms with van der Waals surface area (Å²) in [6.07, 6.45) is 4.63. The molecule has 2 atom stereocenters. The Kier molecular flexibility index (Phi) is 6.77. The number of ether oxygens (including phenoxy) is 2. The summed E-state index contributed by atoms with van der Waals surface area (Å²) < 4.78 is 10.5. The lowest BCUT2D eigenvalue weighted by Crippen LogP contribution is -2.32. The van der Waals surface area contributed by atoms with E-state index in [1.165, 1.54) is 5.01 Å². The Hall–Kier alpha value is -3.61. The lowest BCUT2D eigenvalue weighted by molar-refractivity contribution is -0.141. The van der Waals surface area contributed by atoms with Gasteiger partial charge in [-0.2, -0.15) is 5.10 Å². The Morgan fingerprint density at radius 2 is 1.67 bits per heavy atom. The van der Waals surface area contributed by atoms with Crippen molar-refractivity contribution in [2.45, 2.75) is 38.1 Å². The van der Waals surface area contributed by atoms with Crippen molar-refractivity contribution in [3.63, 3.8) is 0 Å². The highest BCUT2D eigenvalue weighted by Gasteiger charge is 2.43. The number of benzene rings is 2. The summed E-state index contributed by atoms with van der Waals surface area (Å²) in [6.45, 7) is 0. The number of carboxylic acids is 1. The van der Waals surface area contributed by atoms with Crippen molar-refractivity contribution in [2.24, 2.45) is 11.0 Å². The summed E-state index contributed by atoms with van der Waals surface area (Å²) >= 11 is 0. The van der Waals surface area contributed by atoms with Gasteiger partial charge in [0.25, 0.3) is 0 Å². The molecular formula is C26H28N2O5. The number of hydrazone groups is 1. The van der Waals surface area contributed by atoms with E-state index in [1.807, 2.05) is 48.5 Å². The van der Waals surface area contributed by atoms with E-state index in [9.17, 15) is 9.59 Å². The summed E-state index contributed by atoms with van der Waals surface area (Å²) in [5.74, 6) is 0.333. The van der Waals surface area contributed by atoms with Crippen molar-refractivity contribution in [1.29, 1.82) is 0 Å². The maximum Gasteiger partial charge on any atom is 0.303 e. The van der Waals surface area contributed by atoms with Crippen LogP contribution in [0.2, 0.25) is 0 Å². The third-order valence-electron chi connectivity index (χ3n) is 6.22. The average molecular weight is 449 g/mol. The molecule has 1 N–H and O–H groups in total. The molecule has 1 amide bonds. The summed E-state index contributed by atoms with van der Waals surface area (Å²) in [5, 5.41) is 15.4. The minimum atomic E-state index is -0.992. The minimum Gasteiger partial charge on any atom is -0.497 e. The van der Waals surface area contributed by atoms with Crippen LogP contribution < -0.4 is 9.47 Å². The van der Waals surface area contributed by atoms with Crippen molar-refractivity contribution in [1.82, 2.24) is 5.01 Å². The first-order chi connectivity index (χ1) is 16.0. The molecule has 2 aliphatic rings. The van der Waals surface area contributed by atoms with Crippen molar-refractivity contribution >= 4 is 23.7 Å². The fraction of sp³-hybridized carbons (Fsp3) is 0.346. The Morgan fingerprint density at radius 3 is 2.27 bits per heavy atom. The maximum absolute atomic E-state index is 13.0. The molecule has 1 heterocycles. The van der Waals surface area contributed by atoms with Crippen LogP contribution in [-0.2, 0) is 9.59 Å². The van der Waals surface area contributed by atoms with E-state index in [-0.39, 0.29) is 30.7 Å². The van der Waals surface area contributed by atoms with E-state index in [0.717, 1.165) is 53.2 Å². The molecule has 7 heteroatoms. The van der Waals surface area contributed by atoms with Gasteiger partial charge < -0.3 is 14.6 Å². The Morgan fingerprint density at radius 1 is 1.03 bits per heavy atom. The molecule has 0 aromatic heterocycles. The van der Waals surface area contributed by atoms with E-state index in [4.69, 9.17) is 19.7 Å². The summed E-state index contributed by atoms with van der Waals surface area (Å²) in [6, 6.07) is 15.3. The zero-order valence-electron chi connectivity index (χ0n) is 18.9. The molecule has 0 bridgehead atoms. The lowest BCUT2D eigenvalue weighted by Gasteiger charge is -2.29. The number of rotatable bonds is 7. The van der Waals surface area contributed by atoms with Crippen LogP contribution in [0, 0.1) is 5.92 Å². The van der Waals surface area contributed by atoms with Crippen LogP contribution in [-0.4, -0.2) is 41.9 Å².